The van der Waals surface area contributed by atoms with Crippen LogP contribution >= 0.6 is 12.6 Å². The predicted molar refractivity (Wildman–Crippen MR) is 123 cm³/mol. The normalized spacial score (nSPS) is 16.1. The van der Waals surface area contributed by atoms with Gasteiger partial charge in [0.25, 0.3) is 0 Å². The zero-order valence-corrected chi connectivity index (χ0v) is 18.0. The van der Waals surface area contributed by atoms with Crippen molar-refractivity contribution in [1.82, 2.24) is 20.2 Å². The largest absolute Gasteiger partial charge is 0.368 e. The Labute approximate surface area is 186 Å². The summed E-state index contributed by atoms with van der Waals surface area (Å²) in [6, 6.07) is 6.77. The Kier molecular flexibility index (Phi) is 8.46. The van der Waals surface area contributed by atoms with E-state index in [1.54, 1.807) is 6.07 Å². The van der Waals surface area contributed by atoms with Crippen LogP contribution in [0.15, 0.2) is 47.8 Å². The van der Waals surface area contributed by atoms with Crippen LogP contribution in [0.4, 0.5) is 4.79 Å². The Morgan fingerprint density at radius 2 is 2.10 bits per heavy atom. The second-order valence-electron chi connectivity index (χ2n) is 6.94. The molecule has 31 heavy (non-hydrogen) atoms. The molecule has 2 aromatic rings. The number of hydrogen-bond acceptors (Lipinski definition) is 5. The smallest absolute Gasteiger partial charge is 0.334 e. The highest BCUT2D eigenvalue weighted by molar-refractivity contribution is 7.96. The zero-order chi connectivity index (χ0) is 23.1. The third-order valence-corrected chi connectivity index (χ3v) is 4.94. The van der Waals surface area contributed by atoms with Gasteiger partial charge in [-0.2, -0.15) is 0 Å². The van der Waals surface area contributed by atoms with Crippen molar-refractivity contribution in [3.63, 3.8) is 0 Å². The number of nitrogens with zero attached hydrogens (tertiary/aromatic N) is 2. The van der Waals surface area contributed by atoms with Crippen molar-refractivity contribution >= 4 is 54.0 Å². The number of amides is 3. The van der Waals surface area contributed by atoms with Gasteiger partial charge in [0.15, 0.2) is 5.43 Å². The van der Waals surface area contributed by atoms with Crippen LogP contribution in [-0.4, -0.2) is 65.5 Å². The molecule has 2 radical (unpaired) electrons. The van der Waals surface area contributed by atoms with E-state index < -0.39 is 29.1 Å². The van der Waals surface area contributed by atoms with E-state index in [0.717, 1.165) is 10.5 Å². The van der Waals surface area contributed by atoms with E-state index in [1.165, 1.54) is 24.1 Å². The lowest BCUT2D eigenvalue weighted by Crippen LogP contribution is -2.53. The van der Waals surface area contributed by atoms with Crippen LogP contribution in [0.2, 0.25) is 0 Å². The van der Waals surface area contributed by atoms with Crippen LogP contribution in [-0.2, 0) is 9.59 Å². The Bertz CT molecular complexity index is 1040. The van der Waals surface area contributed by atoms with Crippen LogP contribution in [0.5, 0.6) is 0 Å². The summed E-state index contributed by atoms with van der Waals surface area (Å²) in [5.74, 6) is 4.98. The summed E-state index contributed by atoms with van der Waals surface area (Å²) < 4.78 is 0. The standard InChI is InChI=1S/C11H18N4O3S.C9H6BNO/c1-3-7(10(17)19)13-9(16)8-5-4-6-15(8)11(18)14(2)12;10-9-5-8(12)6-3-1-2-4-7(6)11-9/h3,7-8H,1,4-6,12H2,2H3,(H,13,16)(H,17,19);1-5H,(H,11,12). The lowest BCUT2D eigenvalue weighted by atomic mass is 10.0. The average molecular weight is 441 g/mol. The fraction of sp³-hybridized carbons (Fsp3) is 0.300. The summed E-state index contributed by atoms with van der Waals surface area (Å²) in [6.45, 7) is 3.92. The minimum absolute atomic E-state index is 0.0400. The summed E-state index contributed by atoms with van der Waals surface area (Å²) in [6.07, 6.45) is 2.55. The monoisotopic (exact) mass is 441 g/mol. The van der Waals surface area contributed by atoms with Gasteiger partial charge in [-0.3, -0.25) is 19.4 Å². The molecule has 3 rings (SSSR count). The summed E-state index contributed by atoms with van der Waals surface area (Å²) in [4.78, 5) is 50.6. The second-order valence-corrected chi connectivity index (χ2v) is 7.38. The molecule has 3 amide bonds. The first-order valence-corrected chi connectivity index (χ1v) is 9.92. The third-order valence-electron chi connectivity index (χ3n) is 4.66. The molecule has 11 heteroatoms. The fourth-order valence-electron chi connectivity index (χ4n) is 3.16. The molecule has 0 bridgehead atoms. The van der Waals surface area contributed by atoms with Gasteiger partial charge in [0, 0.05) is 24.5 Å². The van der Waals surface area contributed by atoms with Crippen molar-refractivity contribution in [3.8, 4) is 0 Å². The summed E-state index contributed by atoms with van der Waals surface area (Å²) >= 11 is 3.65. The number of rotatable bonds is 4. The molecule has 1 saturated heterocycles. The highest BCUT2D eigenvalue weighted by Crippen LogP contribution is 2.18. The fourth-order valence-corrected chi connectivity index (χ4v) is 3.33. The van der Waals surface area contributed by atoms with Crippen molar-refractivity contribution in [1.29, 1.82) is 0 Å². The highest BCUT2D eigenvalue weighted by atomic mass is 32.1. The van der Waals surface area contributed by atoms with Crippen molar-refractivity contribution < 1.29 is 14.4 Å². The number of urea groups is 1. The number of aromatic nitrogens is 1. The van der Waals surface area contributed by atoms with Crippen molar-refractivity contribution in [2.45, 2.75) is 24.9 Å². The molecule has 1 fully saturated rings. The molecule has 0 spiro atoms. The number of hydrazine groups is 1. The van der Waals surface area contributed by atoms with Crippen LogP contribution in [0, 0.1) is 0 Å². The first-order valence-electron chi connectivity index (χ1n) is 9.48. The molecule has 1 aliphatic rings. The van der Waals surface area contributed by atoms with E-state index in [2.05, 4.69) is 29.5 Å². The van der Waals surface area contributed by atoms with E-state index >= 15 is 0 Å². The van der Waals surface area contributed by atoms with Crippen molar-refractivity contribution in [2.24, 2.45) is 5.84 Å². The number of H-pyrrole nitrogens is 1. The molecule has 2 heterocycles. The third kappa shape index (κ3) is 6.22. The van der Waals surface area contributed by atoms with Crippen LogP contribution in [0.3, 0.4) is 0 Å². The summed E-state index contributed by atoms with van der Waals surface area (Å²) in [7, 11) is 6.89. The molecule has 1 aliphatic heterocycles. The number of thiol groups is 1. The lowest BCUT2D eigenvalue weighted by molar-refractivity contribution is -0.127. The average Bonchev–Trinajstić information content (AvgIpc) is 3.21. The molecule has 2 atom stereocenters. The molecule has 0 saturated carbocycles. The Morgan fingerprint density at radius 3 is 2.71 bits per heavy atom. The van der Waals surface area contributed by atoms with Gasteiger partial charge in [-0.05, 0) is 36.6 Å². The van der Waals surface area contributed by atoms with Gasteiger partial charge in [0.05, 0.1) is 0 Å². The number of nitrogens with one attached hydrogen (secondary N) is 2. The molecular weight excluding hydrogens is 417 g/mol. The topological polar surface area (TPSA) is 129 Å². The van der Waals surface area contributed by atoms with E-state index in [4.69, 9.17) is 13.7 Å². The summed E-state index contributed by atoms with van der Waals surface area (Å²) in [5.41, 5.74) is 1.14. The lowest BCUT2D eigenvalue weighted by Gasteiger charge is -2.27. The molecule has 1 aromatic carbocycles. The maximum absolute atomic E-state index is 12.1. The zero-order valence-electron chi connectivity index (χ0n) is 17.1. The Morgan fingerprint density at radius 1 is 1.42 bits per heavy atom. The molecular formula is C20H24BN5O4S. The number of aromatic amines is 1. The van der Waals surface area contributed by atoms with Gasteiger partial charge in [-0.1, -0.05) is 18.2 Å². The number of fused-ring (bicyclic) bond motifs is 1. The number of para-hydroxylation sites is 1. The van der Waals surface area contributed by atoms with Gasteiger partial charge in [0.2, 0.25) is 11.0 Å². The Balaban J connectivity index is 0.000000242. The van der Waals surface area contributed by atoms with Gasteiger partial charge in [-0.25, -0.2) is 10.6 Å². The molecule has 1 aromatic heterocycles. The van der Waals surface area contributed by atoms with Gasteiger partial charge in [0.1, 0.15) is 19.9 Å². The van der Waals surface area contributed by atoms with E-state index in [1.807, 2.05) is 18.2 Å². The highest BCUT2D eigenvalue weighted by Gasteiger charge is 2.36. The van der Waals surface area contributed by atoms with Crippen LogP contribution in [0.1, 0.15) is 12.8 Å². The van der Waals surface area contributed by atoms with Gasteiger partial charge >= 0.3 is 6.03 Å². The maximum Gasteiger partial charge on any atom is 0.334 e. The number of nitrogens with two attached hydrogens (primary N) is 1. The second kappa shape index (κ2) is 10.8. The number of hydrogen-bond donors (Lipinski definition) is 4. The van der Waals surface area contributed by atoms with E-state index in [0.29, 0.717) is 30.4 Å². The predicted octanol–water partition coefficient (Wildman–Crippen LogP) is -0.175. The maximum atomic E-state index is 12.1. The van der Waals surface area contributed by atoms with Crippen molar-refractivity contribution in [2.75, 3.05) is 13.6 Å². The van der Waals surface area contributed by atoms with Gasteiger partial charge in [-0.15, -0.1) is 19.2 Å². The molecule has 2 unspecified atom stereocenters. The van der Waals surface area contributed by atoms with Crippen LogP contribution < -0.4 is 22.2 Å². The minimum atomic E-state index is -0.857. The number of pyridine rings is 1. The van der Waals surface area contributed by atoms with E-state index in [-0.39, 0.29) is 5.43 Å². The molecule has 9 nitrogen and oxygen atoms in total. The summed E-state index contributed by atoms with van der Waals surface area (Å²) in [5, 5.41) is 3.59. The first-order chi connectivity index (χ1) is 14.6. The minimum Gasteiger partial charge on any atom is -0.368 e. The van der Waals surface area contributed by atoms with E-state index in [9.17, 15) is 19.2 Å². The quantitative estimate of drug-likeness (QED) is 0.131. The van der Waals surface area contributed by atoms with Gasteiger partial charge < -0.3 is 15.2 Å². The molecule has 4 N–H and O–H groups in total. The molecule has 162 valence electrons. The molecule has 0 aliphatic carbocycles. The van der Waals surface area contributed by atoms with Crippen LogP contribution in [0.25, 0.3) is 10.9 Å². The number of carbonyl (C=O) groups excluding carboxylic acids is 3. The number of likely N-dealkylation sites (tertiary alicyclic amines) is 1. The SMILES string of the molecule is C=CC(NC(=O)C1CCCN1C(=O)N(C)N)C(=O)S.[B]c1cc(=O)c2ccccc2[nH]1. The van der Waals surface area contributed by atoms with Crippen molar-refractivity contribution in [3.05, 3.63) is 53.2 Å². The Hall–Kier alpha value is -3.05. The first kappa shape index (κ1) is 24.2. The number of carbonyl (C=O) groups is 3. The number of benzene rings is 1.